The Hall–Kier alpha value is -0.280. The summed E-state index contributed by atoms with van der Waals surface area (Å²) >= 11 is 5.86. The van der Waals surface area contributed by atoms with Crippen LogP contribution in [-0.4, -0.2) is 28.6 Å². The van der Waals surface area contributed by atoms with E-state index < -0.39 is 5.97 Å². The molecule has 1 N–H and O–H groups in total. The molecule has 0 rings (SSSR count). The first-order valence-corrected chi connectivity index (χ1v) is 5.13. The van der Waals surface area contributed by atoms with E-state index in [2.05, 4.69) is 6.92 Å². The van der Waals surface area contributed by atoms with E-state index in [1.165, 1.54) is 0 Å². The molecule has 0 spiro atoms. The molecule has 0 aromatic carbocycles. The molecule has 0 unspecified atom stereocenters. The van der Waals surface area contributed by atoms with Crippen LogP contribution in [0.15, 0.2) is 0 Å². The van der Waals surface area contributed by atoms with Crippen LogP contribution in [0.2, 0.25) is 0 Å². The largest absolute Gasteiger partial charge is 0.481 e. The molecule has 0 saturated carbocycles. The van der Waals surface area contributed by atoms with Gasteiger partial charge in [-0.2, -0.15) is 0 Å². The molecule has 4 heteroatoms. The number of halogens is 1. The summed E-state index contributed by atoms with van der Waals surface area (Å²) in [4.78, 5) is 10.2. The molecule has 0 aliphatic carbocycles. The van der Waals surface area contributed by atoms with Gasteiger partial charge in [0.05, 0.1) is 0 Å². The van der Waals surface area contributed by atoms with E-state index in [4.69, 9.17) is 16.9 Å². The highest BCUT2D eigenvalue weighted by atomic mass is 35.5. The first-order valence-electron chi connectivity index (χ1n) is 4.79. The molecular formula is C9H18ClNO2. The van der Waals surface area contributed by atoms with Gasteiger partial charge in [0.2, 0.25) is 0 Å². The summed E-state index contributed by atoms with van der Waals surface area (Å²) in [5.74, 6) is -0.727. The second kappa shape index (κ2) is 8.32. The number of aliphatic carboxylic acids is 1. The van der Waals surface area contributed by atoms with Crippen LogP contribution in [0.25, 0.3) is 0 Å². The first kappa shape index (κ1) is 12.7. The minimum absolute atomic E-state index is 0.249. The Morgan fingerprint density at radius 3 is 2.46 bits per heavy atom. The third-order valence-corrected chi connectivity index (χ3v) is 2.13. The van der Waals surface area contributed by atoms with Crippen LogP contribution in [0.5, 0.6) is 0 Å². The summed E-state index contributed by atoms with van der Waals surface area (Å²) in [6, 6.07) is 0. The van der Waals surface area contributed by atoms with Gasteiger partial charge in [-0.15, -0.1) is 0 Å². The number of carboxylic acids is 1. The summed E-state index contributed by atoms with van der Waals surface area (Å²) in [5.41, 5.74) is 0. The van der Waals surface area contributed by atoms with Crippen LogP contribution in [0, 0.1) is 0 Å². The molecule has 0 aliphatic heterocycles. The quantitative estimate of drug-likeness (QED) is 0.491. The third-order valence-electron chi connectivity index (χ3n) is 1.80. The number of nitrogens with zero attached hydrogens (tertiary/aromatic N) is 1. The smallest absolute Gasteiger partial charge is 0.303 e. The highest BCUT2D eigenvalue weighted by Gasteiger charge is 2.01. The second-order valence-electron chi connectivity index (χ2n) is 3.11. The topological polar surface area (TPSA) is 40.5 Å². The van der Waals surface area contributed by atoms with E-state index >= 15 is 0 Å². The molecule has 13 heavy (non-hydrogen) atoms. The van der Waals surface area contributed by atoms with Gasteiger partial charge in [-0.3, -0.25) is 4.79 Å². The molecule has 0 saturated heterocycles. The minimum atomic E-state index is -0.727. The predicted molar refractivity (Wildman–Crippen MR) is 53.8 cm³/mol. The number of hydrogen-bond donors (Lipinski definition) is 1. The maximum absolute atomic E-state index is 10.2. The number of rotatable bonds is 8. The zero-order chi connectivity index (χ0) is 10.1. The molecule has 0 aliphatic rings. The van der Waals surface area contributed by atoms with Crippen LogP contribution in [0.3, 0.4) is 0 Å². The van der Waals surface area contributed by atoms with Gasteiger partial charge in [0.15, 0.2) is 0 Å². The number of unbranched alkanes of at least 4 members (excludes halogenated alkanes) is 2. The van der Waals surface area contributed by atoms with Crippen LogP contribution in [0.1, 0.15) is 39.0 Å². The van der Waals surface area contributed by atoms with Gasteiger partial charge in [0.1, 0.15) is 0 Å². The molecule has 0 heterocycles. The number of carbonyl (C=O) groups is 1. The van der Waals surface area contributed by atoms with Crippen molar-refractivity contribution in [3.8, 4) is 0 Å². The van der Waals surface area contributed by atoms with Crippen molar-refractivity contribution in [2.45, 2.75) is 39.0 Å². The lowest BCUT2D eigenvalue weighted by Crippen LogP contribution is -2.15. The number of carboxylic acid groups (broad SMARTS) is 1. The summed E-state index contributed by atoms with van der Waals surface area (Å²) in [5, 5.41) is 8.37. The lowest BCUT2D eigenvalue weighted by Gasteiger charge is -2.11. The molecular weight excluding hydrogens is 190 g/mol. The van der Waals surface area contributed by atoms with Gasteiger partial charge in [-0.05, 0) is 31.0 Å². The third kappa shape index (κ3) is 9.64. The lowest BCUT2D eigenvalue weighted by atomic mass is 10.2. The SMILES string of the molecule is CCCCN(Cl)CCCCC(=O)O. The molecule has 0 atom stereocenters. The summed E-state index contributed by atoms with van der Waals surface area (Å²) in [6.45, 7) is 3.80. The van der Waals surface area contributed by atoms with Crippen molar-refractivity contribution in [2.24, 2.45) is 0 Å². The van der Waals surface area contributed by atoms with Crippen LogP contribution in [-0.2, 0) is 4.79 Å². The molecule has 0 radical (unpaired) electrons. The average Bonchev–Trinajstić information content (AvgIpc) is 2.08. The number of hydrogen-bond acceptors (Lipinski definition) is 2. The standard InChI is InChI=1S/C9H18ClNO2/c1-2-3-7-11(10)8-5-4-6-9(12)13/h2-8H2,1H3,(H,12,13). The van der Waals surface area contributed by atoms with E-state index in [9.17, 15) is 4.79 Å². The predicted octanol–water partition coefficient (Wildman–Crippen LogP) is 2.50. The maximum atomic E-state index is 10.2. The summed E-state index contributed by atoms with van der Waals surface area (Å²) in [6.07, 6.45) is 4.06. The Balaban J connectivity index is 3.16. The maximum Gasteiger partial charge on any atom is 0.303 e. The van der Waals surface area contributed by atoms with E-state index in [0.29, 0.717) is 6.42 Å². The fourth-order valence-corrected chi connectivity index (χ4v) is 1.24. The summed E-state index contributed by atoms with van der Waals surface area (Å²) in [7, 11) is 0. The second-order valence-corrected chi connectivity index (χ2v) is 3.59. The molecule has 0 amide bonds. The van der Waals surface area contributed by atoms with Gasteiger partial charge in [0.25, 0.3) is 0 Å². The molecule has 0 aromatic heterocycles. The van der Waals surface area contributed by atoms with Crippen LogP contribution in [0.4, 0.5) is 0 Å². The molecule has 3 nitrogen and oxygen atoms in total. The van der Waals surface area contributed by atoms with E-state index in [1.807, 2.05) is 0 Å². The van der Waals surface area contributed by atoms with Gasteiger partial charge in [-0.1, -0.05) is 13.3 Å². The zero-order valence-electron chi connectivity index (χ0n) is 8.13. The Morgan fingerprint density at radius 2 is 1.92 bits per heavy atom. The van der Waals surface area contributed by atoms with Crippen LogP contribution < -0.4 is 0 Å². The molecule has 0 aromatic rings. The van der Waals surface area contributed by atoms with Crippen molar-refractivity contribution in [3.63, 3.8) is 0 Å². The molecule has 0 fully saturated rings. The monoisotopic (exact) mass is 207 g/mol. The van der Waals surface area contributed by atoms with Crippen LogP contribution >= 0.6 is 11.8 Å². The highest BCUT2D eigenvalue weighted by Crippen LogP contribution is 2.03. The van der Waals surface area contributed by atoms with E-state index in [-0.39, 0.29) is 6.42 Å². The minimum Gasteiger partial charge on any atom is -0.481 e. The zero-order valence-corrected chi connectivity index (χ0v) is 8.89. The van der Waals surface area contributed by atoms with E-state index in [1.54, 1.807) is 4.42 Å². The fraction of sp³-hybridized carbons (Fsp3) is 0.889. The molecule has 0 bridgehead atoms. The van der Waals surface area contributed by atoms with Crippen molar-refractivity contribution in [3.05, 3.63) is 0 Å². The highest BCUT2D eigenvalue weighted by molar-refractivity contribution is 6.13. The van der Waals surface area contributed by atoms with Gasteiger partial charge in [-0.25, -0.2) is 4.42 Å². The average molecular weight is 208 g/mol. The van der Waals surface area contributed by atoms with Crippen molar-refractivity contribution in [1.82, 2.24) is 4.42 Å². The first-order chi connectivity index (χ1) is 6.16. The van der Waals surface area contributed by atoms with Gasteiger partial charge < -0.3 is 5.11 Å². The Kier molecular flexibility index (Phi) is 8.14. The van der Waals surface area contributed by atoms with Gasteiger partial charge in [0, 0.05) is 19.5 Å². The van der Waals surface area contributed by atoms with Crippen molar-refractivity contribution in [1.29, 1.82) is 0 Å². The van der Waals surface area contributed by atoms with Crippen molar-refractivity contribution in [2.75, 3.05) is 13.1 Å². The normalized spacial score (nSPS) is 10.7. The fourth-order valence-electron chi connectivity index (χ4n) is 1.00. The Labute approximate surface area is 84.8 Å². The van der Waals surface area contributed by atoms with Gasteiger partial charge >= 0.3 is 5.97 Å². The molecule has 78 valence electrons. The van der Waals surface area contributed by atoms with Crippen molar-refractivity contribution < 1.29 is 9.90 Å². The lowest BCUT2D eigenvalue weighted by molar-refractivity contribution is -0.137. The van der Waals surface area contributed by atoms with Crippen molar-refractivity contribution >= 4 is 17.7 Å². The Morgan fingerprint density at radius 1 is 1.31 bits per heavy atom. The Bertz CT molecular complexity index is 142. The summed E-state index contributed by atoms with van der Waals surface area (Å²) < 4.78 is 1.74. The van der Waals surface area contributed by atoms with E-state index in [0.717, 1.165) is 32.4 Å².